The Hall–Kier alpha value is -7.36. The Bertz CT molecular complexity index is 3750. The van der Waals surface area contributed by atoms with Gasteiger partial charge in [-0.1, -0.05) is 228 Å². The van der Waals surface area contributed by atoms with E-state index in [0.29, 0.717) is 5.56 Å². The molecule has 0 fully saturated rings. The molecule has 0 amide bonds. The van der Waals surface area contributed by atoms with Gasteiger partial charge in [0, 0.05) is 54.5 Å². The van der Waals surface area contributed by atoms with Crippen LogP contribution < -0.4 is 26.2 Å². The molecule has 0 N–H and O–H groups in total. The van der Waals surface area contributed by atoms with Crippen LogP contribution in [0.25, 0.3) is 22.3 Å². The number of fused-ring (bicyclic) bond motifs is 5. The molecular formula is C73H73BN2. The first-order valence-corrected chi connectivity index (χ1v) is 27.6. The molecular weight excluding hydrogens is 916 g/mol. The largest absolute Gasteiger partial charge is 0.311 e. The molecule has 9 aromatic rings. The lowest BCUT2D eigenvalue weighted by molar-refractivity contribution is 0.332. The Kier molecular flexibility index (Phi) is 10.8. The van der Waals surface area contributed by atoms with Crippen LogP contribution in [0.15, 0.2) is 200 Å². The summed E-state index contributed by atoms with van der Waals surface area (Å²) < 4.78 is 28.4. The van der Waals surface area contributed by atoms with Crippen LogP contribution >= 0.6 is 0 Å². The molecule has 2 aliphatic heterocycles. The average molecular weight is 992 g/mol. The topological polar surface area (TPSA) is 6.48 Å². The molecule has 3 heteroatoms. The van der Waals surface area contributed by atoms with E-state index >= 15 is 0 Å². The Morgan fingerprint density at radius 1 is 0.421 bits per heavy atom. The average Bonchev–Trinajstić information content (AvgIpc) is 1.99. The van der Waals surface area contributed by atoms with Crippen LogP contribution in [0.4, 0.5) is 34.1 Å². The lowest BCUT2D eigenvalue weighted by Crippen LogP contribution is -2.62. The van der Waals surface area contributed by atoms with Gasteiger partial charge in [0.15, 0.2) is 0 Å². The molecule has 3 aliphatic rings. The smallest absolute Gasteiger partial charge is 0.252 e. The number of rotatable bonds is 8. The normalized spacial score (nSPS) is 16.1. The van der Waals surface area contributed by atoms with Gasteiger partial charge in [-0.05, 0) is 156 Å². The zero-order valence-electron chi connectivity index (χ0n) is 49.4. The van der Waals surface area contributed by atoms with Crippen molar-refractivity contribution >= 4 is 57.2 Å². The monoisotopic (exact) mass is 992 g/mol. The van der Waals surface area contributed by atoms with Crippen LogP contribution in [0.2, 0.25) is 0 Å². The van der Waals surface area contributed by atoms with E-state index in [0.717, 1.165) is 74.7 Å². The second kappa shape index (κ2) is 17.9. The molecule has 0 spiro atoms. The van der Waals surface area contributed by atoms with Crippen molar-refractivity contribution in [2.24, 2.45) is 0 Å². The van der Waals surface area contributed by atoms with E-state index in [1.165, 1.54) is 49.9 Å². The van der Waals surface area contributed by atoms with Gasteiger partial charge in [-0.15, -0.1) is 0 Å². The summed E-state index contributed by atoms with van der Waals surface area (Å²) in [5, 5.41) is 0. The zero-order chi connectivity index (χ0) is 55.6. The minimum Gasteiger partial charge on any atom is -0.311 e. The van der Waals surface area contributed by atoms with Gasteiger partial charge in [-0.2, -0.15) is 0 Å². The third-order valence-electron chi connectivity index (χ3n) is 17.9. The third kappa shape index (κ3) is 8.07. The van der Waals surface area contributed by atoms with E-state index in [9.17, 15) is 4.11 Å². The van der Waals surface area contributed by atoms with Crippen LogP contribution in [0.1, 0.15) is 138 Å². The van der Waals surface area contributed by atoms with E-state index in [2.05, 4.69) is 274 Å². The Labute approximate surface area is 458 Å². The van der Waals surface area contributed by atoms with E-state index in [1.807, 2.05) is 12.1 Å². The molecule has 0 bridgehead atoms. The molecule has 378 valence electrons. The van der Waals surface area contributed by atoms with Gasteiger partial charge in [0.2, 0.25) is 0 Å². The summed E-state index contributed by atoms with van der Waals surface area (Å²) in [6, 6.07) is 73.4. The molecule has 0 saturated carbocycles. The molecule has 1 aliphatic carbocycles. The summed E-state index contributed by atoms with van der Waals surface area (Å²) >= 11 is 0. The highest BCUT2D eigenvalue weighted by atomic mass is 15.2. The van der Waals surface area contributed by atoms with Crippen LogP contribution in [-0.2, 0) is 27.1 Å². The summed E-state index contributed by atoms with van der Waals surface area (Å²) in [5.74, 6) is 0. The lowest BCUT2D eigenvalue weighted by Gasteiger charge is -2.48. The molecule has 0 radical (unpaired) electrons. The molecule has 0 unspecified atom stereocenters. The summed E-state index contributed by atoms with van der Waals surface area (Å²) in [6.07, 6.45) is 2.13. The summed E-state index contributed by atoms with van der Waals surface area (Å²) in [5.41, 5.74) is 21.8. The quantitative estimate of drug-likeness (QED) is 0.140. The van der Waals surface area contributed by atoms with Crippen LogP contribution in [0.3, 0.4) is 0 Å². The summed E-state index contributed by atoms with van der Waals surface area (Å²) in [7, 11) is 0. The molecule has 9 aromatic carbocycles. The van der Waals surface area contributed by atoms with E-state index in [1.54, 1.807) is 0 Å². The van der Waals surface area contributed by atoms with E-state index in [4.69, 9.17) is 0 Å². The predicted octanol–water partition coefficient (Wildman–Crippen LogP) is 17.7. The summed E-state index contributed by atoms with van der Waals surface area (Å²) in [4.78, 5) is 4.93. The molecule has 76 heavy (non-hydrogen) atoms. The first-order chi connectivity index (χ1) is 37.4. The van der Waals surface area contributed by atoms with E-state index < -0.39 is 6.85 Å². The number of hydrogen-bond donors (Lipinski definition) is 0. The third-order valence-corrected chi connectivity index (χ3v) is 17.9. The van der Waals surface area contributed by atoms with Crippen molar-refractivity contribution < 1.29 is 4.11 Å². The zero-order valence-corrected chi connectivity index (χ0v) is 46.4. The Balaban J connectivity index is 1.26. The van der Waals surface area contributed by atoms with Crippen LogP contribution in [0, 0.1) is 6.85 Å². The number of benzene rings is 9. The maximum Gasteiger partial charge on any atom is 0.252 e. The molecule has 0 atom stereocenters. The highest BCUT2D eigenvalue weighted by Gasteiger charge is 2.48. The maximum atomic E-state index is 9.45. The lowest BCUT2D eigenvalue weighted by atomic mass is 9.33. The molecule has 0 aromatic heterocycles. The van der Waals surface area contributed by atoms with Crippen LogP contribution in [-0.4, -0.2) is 6.71 Å². The van der Waals surface area contributed by atoms with Crippen LogP contribution in [0.5, 0.6) is 0 Å². The molecule has 2 heterocycles. The van der Waals surface area contributed by atoms with Gasteiger partial charge in [0.1, 0.15) is 0 Å². The van der Waals surface area contributed by atoms with Gasteiger partial charge in [0.05, 0.1) is 5.69 Å². The van der Waals surface area contributed by atoms with Crippen molar-refractivity contribution in [1.82, 2.24) is 0 Å². The van der Waals surface area contributed by atoms with Crippen molar-refractivity contribution in [3.63, 3.8) is 0 Å². The number of aryl methyl sites for hydroxylation is 1. The van der Waals surface area contributed by atoms with Gasteiger partial charge in [0.25, 0.3) is 6.71 Å². The number of nitrogens with zero attached hydrogens (tertiary/aromatic N) is 2. The second-order valence-electron chi connectivity index (χ2n) is 25.5. The standard InChI is InChI=1S/C73H73BN2/c1-48-40-65-67-66(41-48)76(68-57(49-26-17-13-18-27-49)43-55(69(2,3)4)44-58(68)50-28-19-14-20-29-50)64-47-60-59(70(5,6)38-39-71(60,7)8)46-62(64)74(67)61-37-36-54(73(11,12)52-32-23-16-24-33-52)45-63(61)75(65)56-35-25-34-53(42-56)72(9,10)51-30-21-15-22-31-51/h13-37,40-47H,38-39H2,1-12H3/i1D3. The van der Waals surface area contributed by atoms with E-state index in [-0.39, 0.29) is 33.8 Å². The van der Waals surface area contributed by atoms with Crippen molar-refractivity contribution in [2.45, 2.75) is 123 Å². The molecule has 12 rings (SSSR count). The second-order valence-corrected chi connectivity index (χ2v) is 25.5. The fourth-order valence-corrected chi connectivity index (χ4v) is 13.0. The summed E-state index contributed by atoms with van der Waals surface area (Å²) in [6.45, 7) is 23.1. The minimum atomic E-state index is -2.45. The molecule has 0 saturated heterocycles. The highest BCUT2D eigenvalue weighted by Crippen LogP contribution is 2.54. The van der Waals surface area contributed by atoms with Crippen molar-refractivity contribution in [2.75, 3.05) is 9.80 Å². The van der Waals surface area contributed by atoms with Gasteiger partial charge in [-0.3, -0.25) is 0 Å². The van der Waals surface area contributed by atoms with Gasteiger partial charge >= 0.3 is 0 Å². The van der Waals surface area contributed by atoms with Crippen molar-refractivity contribution in [1.29, 1.82) is 0 Å². The molecule has 2 nitrogen and oxygen atoms in total. The number of hydrogen-bond acceptors (Lipinski definition) is 2. The predicted molar refractivity (Wildman–Crippen MR) is 327 cm³/mol. The maximum absolute atomic E-state index is 9.45. The fourth-order valence-electron chi connectivity index (χ4n) is 13.0. The number of anilines is 6. The first kappa shape index (κ1) is 46.0. The Morgan fingerprint density at radius 3 is 1.42 bits per heavy atom. The Morgan fingerprint density at radius 2 is 0.895 bits per heavy atom. The first-order valence-electron chi connectivity index (χ1n) is 29.1. The van der Waals surface area contributed by atoms with Crippen molar-refractivity contribution in [3.8, 4) is 22.3 Å². The highest BCUT2D eigenvalue weighted by molar-refractivity contribution is 7.00. The van der Waals surface area contributed by atoms with Gasteiger partial charge in [-0.25, -0.2) is 0 Å². The minimum absolute atomic E-state index is 0.0865. The van der Waals surface area contributed by atoms with Crippen molar-refractivity contribution in [3.05, 3.63) is 245 Å². The van der Waals surface area contributed by atoms with Gasteiger partial charge < -0.3 is 9.80 Å². The fraction of sp³-hybridized carbons (Fsp3) is 0.260. The SMILES string of the molecule is [2H]C([2H])([2H])c1cc2c3c(c1)N(c1c(-c4ccccc4)cc(C(C)(C)C)cc1-c1ccccc1)c1cc4c(cc1B3c1ccc(C(C)(C)c3ccccc3)cc1N2c1cccc(C(C)(C)c2ccccc2)c1)C(C)(C)CCC4(C)C.